The van der Waals surface area contributed by atoms with Gasteiger partial charge in [-0.25, -0.2) is 13.6 Å². The van der Waals surface area contributed by atoms with Gasteiger partial charge in [-0.1, -0.05) is 0 Å². The highest BCUT2D eigenvalue weighted by molar-refractivity contribution is 7.89. The van der Waals surface area contributed by atoms with Gasteiger partial charge in [-0.3, -0.25) is 14.7 Å². The largest absolute Gasteiger partial charge is 0.336 e. The highest BCUT2D eigenvalue weighted by Gasteiger charge is 2.22. The summed E-state index contributed by atoms with van der Waals surface area (Å²) in [6, 6.07) is 3.38. The lowest BCUT2D eigenvalue weighted by atomic mass is 10.2. The van der Waals surface area contributed by atoms with Gasteiger partial charge in [0.25, 0.3) is 5.91 Å². The van der Waals surface area contributed by atoms with Crippen LogP contribution in [-0.4, -0.2) is 67.6 Å². The van der Waals surface area contributed by atoms with Crippen LogP contribution in [0.4, 0.5) is 0 Å². The molecule has 1 aromatic rings. The number of primary sulfonamides is 1. The van der Waals surface area contributed by atoms with E-state index in [0.717, 1.165) is 0 Å². The first-order valence-electron chi connectivity index (χ1n) is 6.38. The van der Waals surface area contributed by atoms with Gasteiger partial charge >= 0.3 is 0 Å². The zero-order chi connectivity index (χ0) is 14.6. The van der Waals surface area contributed by atoms with Crippen molar-refractivity contribution in [2.45, 2.75) is 0 Å². The topological polar surface area (TPSA) is 96.6 Å². The molecule has 0 unspecified atom stereocenters. The maximum atomic E-state index is 12.2. The summed E-state index contributed by atoms with van der Waals surface area (Å²) in [4.78, 5) is 19.8. The minimum absolute atomic E-state index is 0.0153. The number of nitrogens with zero attached hydrogens (tertiary/aromatic N) is 3. The molecule has 0 aliphatic carbocycles. The van der Waals surface area contributed by atoms with Crippen molar-refractivity contribution in [2.75, 3.05) is 38.5 Å². The van der Waals surface area contributed by atoms with E-state index in [1.54, 1.807) is 29.4 Å². The number of sulfonamides is 1. The van der Waals surface area contributed by atoms with Crippen LogP contribution in [0.3, 0.4) is 0 Å². The second kappa shape index (κ2) is 6.29. The molecule has 1 aromatic heterocycles. The van der Waals surface area contributed by atoms with Crippen molar-refractivity contribution in [2.24, 2.45) is 5.14 Å². The molecule has 1 saturated heterocycles. The predicted octanol–water partition coefficient (Wildman–Crippen LogP) is -0.872. The van der Waals surface area contributed by atoms with Crippen LogP contribution in [0.5, 0.6) is 0 Å². The van der Waals surface area contributed by atoms with E-state index in [9.17, 15) is 13.2 Å². The molecule has 0 radical (unpaired) electrons. The highest BCUT2D eigenvalue weighted by Crippen LogP contribution is 2.08. The predicted molar refractivity (Wildman–Crippen MR) is 74.6 cm³/mol. The number of hydrogen-bond acceptors (Lipinski definition) is 5. The Labute approximate surface area is 118 Å². The summed E-state index contributed by atoms with van der Waals surface area (Å²) < 4.78 is 21.8. The van der Waals surface area contributed by atoms with E-state index in [1.165, 1.54) is 0 Å². The van der Waals surface area contributed by atoms with Crippen LogP contribution in [0.25, 0.3) is 0 Å². The standard InChI is InChI=1S/C12H18N4O3S/c13-20(18,19)10-9-15-5-7-16(8-6-15)12(17)11-1-3-14-4-2-11/h1-4H,5-10H2,(H2,13,18,19). The second-order valence-electron chi connectivity index (χ2n) is 4.74. The Morgan fingerprint density at radius 1 is 1.20 bits per heavy atom. The average molecular weight is 298 g/mol. The highest BCUT2D eigenvalue weighted by atomic mass is 32.2. The number of nitrogens with two attached hydrogens (primary N) is 1. The molecule has 1 fully saturated rings. The van der Waals surface area contributed by atoms with E-state index in [2.05, 4.69) is 4.98 Å². The number of pyridine rings is 1. The number of carbonyl (C=O) groups is 1. The van der Waals surface area contributed by atoms with E-state index < -0.39 is 10.0 Å². The second-order valence-corrected chi connectivity index (χ2v) is 6.47. The van der Waals surface area contributed by atoms with Crippen molar-refractivity contribution in [1.29, 1.82) is 0 Å². The molecule has 7 nitrogen and oxygen atoms in total. The smallest absolute Gasteiger partial charge is 0.254 e. The van der Waals surface area contributed by atoms with Crippen LogP contribution in [0, 0.1) is 0 Å². The molecule has 0 saturated carbocycles. The lowest BCUT2D eigenvalue weighted by Gasteiger charge is -2.34. The minimum atomic E-state index is -3.43. The van der Waals surface area contributed by atoms with Crippen LogP contribution in [0.15, 0.2) is 24.5 Å². The van der Waals surface area contributed by atoms with Gasteiger partial charge in [-0.15, -0.1) is 0 Å². The van der Waals surface area contributed by atoms with Gasteiger partial charge in [0.2, 0.25) is 10.0 Å². The molecule has 20 heavy (non-hydrogen) atoms. The molecule has 1 amide bonds. The fourth-order valence-corrected chi connectivity index (χ4v) is 2.62. The van der Waals surface area contributed by atoms with Gasteiger partial charge < -0.3 is 4.90 Å². The molecule has 0 atom stereocenters. The van der Waals surface area contributed by atoms with E-state index in [4.69, 9.17) is 5.14 Å². The average Bonchev–Trinajstić information content (AvgIpc) is 2.45. The Morgan fingerprint density at radius 2 is 1.80 bits per heavy atom. The zero-order valence-corrected chi connectivity index (χ0v) is 11.9. The fraction of sp³-hybridized carbons (Fsp3) is 0.500. The van der Waals surface area contributed by atoms with E-state index >= 15 is 0 Å². The molecular formula is C12H18N4O3S. The molecule has 8 heteroatoms. The summed E-state index contributed by atoms with van der Waals surface area (Å²) in [5.74, 6) is -0.0656. The molecule has 0 aromatic carbocycles. The van der Waals surface area contributed by atoms with Crippen LogP contribution in [0.2, 0.25) is 0 Å². The molecule has 1 aliphatic heterocycles. The van der Waals surface area contributed by atoms with E-state index in [-0.39, 0.29) is 11.7 Å². The summed E-state index contributed by atoms with van der Waals surface area (Å²) >= 11 is 0. The van der Waals surface area contributed by atoms with E-state index in [1.807, 2.05) is 4.90 Å². The van der Waals surface area contributed by atoms with Gasteiger partial charge in [0.15, 0.2) is 0 Å². The summed E-state index contributed by atoms with van der Waals surface area (Å²) in [7, 11) is -3.43. The SMILES string of the molecule is NS(=O)(=O)CCN1CCN(C(=O)c2ccncc2)CC1. The lowest BCUT2D eigenvalue weighted by Crippen LogP contribution is -2.49. The fourth-order valence-electron chi connectivity index (χ4n) is 2.11. The number of aromatic nitrogens is 1. The van der Waals surface area contributed by atoms with Crippen molar-refractivity contribution in [3.8, 4) is 0 Å². The van der Waals surface area contributed by atoms with Crippen molar-refractivity contribution in [1.82, 2.24) is 14.8 Å². The summed E-state index contributed by atoms with van der Waals surface area (Å²) in [5, 5.41) is 4.98. The molecule has 0 bridgehead atoms. The summed E-state index contributed by atoms with van der Waals surface area (Å²) in [5.41, 5.74) is 0.623. The van der Waals surface area contributed by atoms with Crippen LogP contribution >= 0.6 is 0 Å². The Bertz CT molecular complexity index is 553. The van der Waals surface area contributed by atoms with Gasteiger partial charge in [0.1, 0.15) is 0 Å². The first kappa shape index (κ1) is 14.9. The Balaban J connectivity index is 1.84. The summed E-state index contributed by atoms with van der Waals surface area (Å²) in [6.07, 6.45) is 3.19. The maximum Gasteiger partial charge on any atom is 0.254 e. The molecule has 2 heterocycles. The van der Waals surface area contributed by atoms with Crippen LogP contribution < -0.4 is 5.14 Å². The monoisotopic (exact) mass is 298 g/mol. The third-order valence-electron chi connectivity index (χ3n) is 3.28. The molecular weight excluding hydrogens is 280 g/mol. The van der Waals surface area contributed by atoms with Crippen LogP contribution in [0.1, 0.15) is 10.4 Å². The van der Waals surface area contributed by atoms with Gasteiger partial charge in [0, 0.05) is 50.7 Å². The Kier molecular flexibility index (Phi) is 4.69. The van der Waals surface area contributed by atoms with Gasteiger partial charge in [-0.05, 0) is 12.1 Å². The normalized spacial score (nSPS) is 17.1. The lowest BCUT2D eigenvalue weighted by molar-refractivity contribution is 0.0644. The first-order chi connectivity index (χ1) is 9.46. The van der Waals surface area contributed by atoms with Crippen molar-refractivity contribution < 1.29 is 13.2 Å². The quantitative estimate of drug-likeness (QED) is 0.779. The molecule has 1 aliphatic rings. The van der Waals surface area contributed by atoms with Crippen LogP contribution in [-0.2, 0) is 10.0 Å². The third kappa shape index (κ3) is 4.26. The minimum Gasteiger partial charge on any atom is -0.336 e. The van der Waals surface area contributed by atoms with Gasteiger partial charge in [0.05, 0.1) is 5.75 Å². The summed E-state index contributed by atoms with van der Waals surface area (Å²) in [6.45, 7) is 2.91. The van der Waals surface area contributed by atoms with Crippen molar-refractivity contribution in [3.05, 3.63) is 30.1 Å². The molecule has 2 rings (SSSR count). The van der Waals surface area contributed by atoms with Crippen molar-refractivity contribution in [3.63, 3.8) is 0 Å². The molecule has 0 spiro atoms. The number of hydrogen-bond donors (Lipinski definition) is 1. The molecule has 2 N–H and O–H groups in total. The zero-order valence-electron chi connectivity index (χ0n) is 11.1. The van der Waals surface area contributed by atoms with Gasteiger partial charge in [-0.2, -0.15) is 0 Å². The third-order valence-corrected chi connectivity index (χ3v) is 4.03. The first-order valence-corrected chi connectivity index (χ1v) is 8.09. The number of amides is 1. The Morgan fingerprint density at radius 3 is 2.35 bits per heavy atom. The Hall–Kier alpha value is -1.51. The van der Waals surface area contributed by atoms with Crippen molar-refractivity contribution >= 4 is 15.9 Å². The van der Waals surface area contributed by atoms with E-state index in [0.29, 0.717) is 38.3 Å². The molecule has 110 valence electrons. The number of piperazine rings is 1. The number of carbonyl (C=O) groups excluding carboxylic acids is 1. The maximum absolute atomic E-state index is 12.2. The number of rotatable bonds is 4.